The fraction of sp³-hybridized carbons (Fsp3) is 0.636. The van der Waals surface area contributed by atoms with Crippen molar-refractivity contribution in [1.29, 1.82) is 0 Å². The highest BCUT2D eigenvalue weighted by molar-refractivity contribution is 6.05. The maximum atomic E-state index is 11.3. The summed E-state index contributed by atoms with van der Waals surface area (Å²) >= 11 is 0. The molecule has 0 aromatic rings. The quantitative estimate of drug-likeness (QED) is 0.500. The van der Waals surface area contributed by atoms with Crippen molar-refractivity contribution < 1.29 is 9.59 Å². The average molecular weight is 193 g/mol. The number of carbonyl (C=O) groups excluding carboxylic acids is 2. The summed E-state index contributed by atoms with van der Waals surface area (Å²) in [4.78, 5) is 23.9. The zero-order valence-electron chi connectivity index (χ0n) is 8.29. The molecule has 0 atom stereocenters. The van der Waals surface area contributed by atoms with Crippen LogP contribution >= 0.6 is 0 Å². The summed E-state index contributed by atoms with van der Waals surface area (Å²) < 4.78 is 0. The monoisotopic (exact) mass is 193 g/mol. The van der Waals surface area contributed by atoms with Gasteiger partial charge in [0.2, 0.25) is 5.91 Å². The topological polar surface area (TPSA) is 37.4 Å². The minimum absolute atomic E-state index is 0.00796. The van der Waals surface area contributed by atoms with Gasteiger partial charge in [0, 0.05) is 6.54 Å². The third-order valence-electron chi connectivity index (χ3n) is 2.91. The van der Waals surface area contributed by atoms with E-state index in [1.165, 1.54) is 24.8 Å². The van der Waals surface area contributed by atoms with Crippen molar-refractivity contribution in [3.8, 4) is 0 Å². The Balaban J connectivity index is 1.80. The van der Waals surface area contributed by atoms with Gasteiger partial charge in [0.25, 0.3) is 0 Å². The minimum atomic E-state index is 0.00796. The molecular weight excluding hydrogens is 178 g/mol. The van der Waals surface area contributed by atoms with Gasteiger partial charge in [-0.2, -0.15) is 0 Å². The Morgan fingerprint density at radius 1 is 1.36 bits per heavy atom. The lowest BCUT2D eigenvalue weighted by Gasteiger charge is -2.14. The van der Waals surface area contributed by atoms with Gasteiger partial charge >= 0.3 is 0 Å². The smallest absolute Gasteiger partial charge is 0.230 e. The largest absolute Gasteiger partial charge is 0.335 e. The Morgan fingerprint density at radius 3 is 2.79 bits per heavy atom. The lowest BCUT2D eigenvalue weighted by molar-refractivity contribution is -0.127. The van der Waals surface area contributed by atoms with Crippen LogP contribution in [0.4, 0.5) is 0 Å². The van der Waals surface area contributed by atoms with E-state index in [2.05, 4.69) is 6.08 Å². The van der Waals surface area contributed by atoms with Crippen molar-refractivity contribution in [3.05, 3.63) is 11.6 Å². The molecule has 0 N–H and O–H groups in total. The van der Waals surface area contributed by atoms with E-state index in [9.17, 15) is 9.59 Å². The molecule has 0 bridgehead atoms. The third kappa shape index (κ3) is 2.03. The van der Waals surface area contributed by atoms with E-state index < -0.39 is 0 Å². The highest BCUT2D eigenvalue weighted by Gasteiger charge is 2.26. The van der Waals surface area contributed by atoms with E-state index in [0.29, 0.717) is 6.54 Å². The average Bonchev–Trinajstić information content (AvgIpc) is 2.72. The first-order chi connectivity index (χ1) is 6.75. The molecule has 0 aromatic heterocycles. The first-order valence-corrected chi connectivity index (χ1v) is 5.23. The number of hydrogen-bond donors (Lipinski definition) is 0. The summed E-state index contributed by atoms with van der Waals surface area (Å²) in [5, 5.41) is 0. The molecule has 3 heteroatoms. The number of nitrogens with zero attached hydrogens (tertiary/aromatic N) is 1. The van der Waals surface area contributed by atoms with Crippen LogP contribution in [0.5, 0.6) is 0 Å². The highest BCUT2D eigenvalue weighted by atomic mass is 16.2. The Bertz CT molecular complexity index is 294. The molecule has 0 saturated carbocycles. The first kappa shape index (κ1) is 9.44. The van der Waals surface area contributed by atoms with Gasteiger partial charge in [-0.05, 0) is 25.7 Å². The maximum absolute atomic E-state index is 11.3. The van der Waals surface area contributed by atoms with Gasteiger partial charge in [-0.3, -0.25) is 9.59 Å². The van der Waals surface area contributed by atoms with E-state index in [-0.39, 0.29) is 18.1 Å². The molecule has 1 fully saturated rings. The van der Waals surface area contributed by atoms with E-state index in [1.54, 1.807) is 4.90 Å². The van der Waals surface area contributed by atoms with Crippen LogP contribution in [0.2, 0.25) is 0 Å². The Labute approximate surface area is 83.8 Å². The molecule has 2 rings (SSSR count). The van der Waals surface area contributed by atoms with Crippen molar-refractivity contribution in [2.45, 2.75) is 32.1 Å². The van der Waals surface area contributed by atoms with Crippen LogP contribution < -0.4 is 0 Å². The Morgan fingerprint density at radius 2 is 2.21 bits per heavy atom. The summed E-state index contributed by atoms with van der Waals surface area (Å²) in [5.41, 5.74) is 1.46. The minimum Gasteiger partial charge on any atom is -0.335 e. The van der Waals surface area contributed by atoms with Gasteiger partial charge < -0.3 is 4.90 Å². The molecule has 0 unspecified atom stereocenters. The molecule has 1 amide bonds. The number of allylic oxidation sites excluding steroid dienone is 1. The third-order valence-corrected chi connectivity index (χ3v) is 2.91. The second kappa shape index (κ2) is 3.95. The standard InChI is InChI=1S/C11H15NO2/c13-10-7-11(14)12(8-10)6-5-9-3-1-2-4-9/h3H,1-2,4-8H2. The molecule has 0 aromatic carbocycles. The van der Waals surface area contributed by atoms with Crippen molar-refractivity contribution in [1.82, 2.24) is 4.90 Å². The van der Waals surface area contributed by atoms with E-state index in [4.69, 9.17) is 0 Å². The predicted molar refractivity (Wildman–Crippen MR) is 52.8 cm³/mol. The van der Waals surface area contributed by atoms with Gasteiger partial charge in [-0.15, -0.1) is 0 Å². The van der Waals surface area contributed by atoms with Crippen molar-refractivity contribution in [3.63, 3.8) is 0 Å². The van der Waals surface area contributed by atoms with Crippen molar-refractivity contribution in [2.75, 3.05) is 13.1 Å². The van der Waals surface area contributed by atoms with Crippen molar-refractivity contribution in [2.24, 2.45) is 0 Å². The van der Waals surface area contributed by atoms with Crippen molar-refractivity contribution >= 4 is 11.7 Å². The Hall–Kier alpha value is -1.12. The second-order valence-corrected chi connectivity index (χ2v) is 4.04. The zero-order valence-corrected chi connectivity index (χ0v) is 8.29. The number of hydrogen-bond acceptors (Lipinski definition) is 2. The number of rotatable bonds is 3. The summed E-state index contributed by atoms with van der Waals surface area (Å²) in [7, 11) is 0. The summed E-state index contributed by atoms with van der Waals surface area (Å²) in [6.07, 6.45) is 6.96. The van der Waals surface area contributed by atoms with Crippen LogP contribution in [0.1, 0.15) is 32.1 Å². The Kier molecular flexibility index (Phi) is 2.66. The molecule has 0 spiro atoms. The molecule has 1 aliphatic heterocycles. The highest BCUT2D eigenvalue weighted by Crippen LogP contribution is 2.21. The number of ketones is 1. The molecule has 1 heterocycles. The SMILES string of the molecule is O=C1CC(=O)N(CCC2=CCCC2)C1. The second-order valence-electron chi connectivity index (χ2n) is 4.04. The normalized spacial score (nSPS) is 22.0. The van der Waals surface area contributed by atoms with Gasteiger partial charge in [0.05, 0.1) is 13.0 Å². The summed E-state index contributed by atoms with van der Waals surface area (Å²) in [6.45, 7) is 1.07. The lowest BCUT2D eigenvalue weighted by atomic mass is 10.1. The number of carbonyl (C=O) groups is 2. The van der Waals surface area contributed by atoms with Crippen LogP contribution in [0, 0.1) is 0 Å². The molecule has 1 saturated heterocycles. The van der Waals surface area contributed by atoms with Gasteiger partial charge in [-0.1, -0.05) is 11.6 Å². The predicted octanol–water partition coefficient (Wildman–Crippen LogP) is 1.29. The maximum Gasteiger partial charge on any atom is 0.230 e. The molecule has 2 aliphatic rings. The van der Waals surface area contributed by atoms with E-state index in [1.807, 2.05) is 0 Å². The number of Topliss-reactive ketones (excluding diaryl/α,β-unsaturated/α-hetero) is 1. The van der Waals surface area contributed by atoms with Crippen LogP contribution in [0.15, 0.2) is 11.6 Å². The molecule has 14 heavy (non-hydrogen) atoms. The lowest BCUT2D eigenvalue weighted by Crippen LogP contribution is -2.26. The number of amides is 1. The zero-order chi connectivity index (χ0) is 9.97. The molecule has 1 aliphatic carbocycles. The fourth-order valence-electron chi connectivity index (χ4n) is 2.08. The van der Waals surface area contributed by atoms with Crippen LogP contribution in [-0.2, 0) is 9.59 Å². The summed E-state index contributed by atoms with van der Waals surface area (Å²) in [5.74, 6) is 0.0731. The summed E-state index contributed by atoms with van der Waals surface area (Å²) in [6, 6.07) is 0. The molecule has 0 radical (unpaired) electrons. The van der Waals surface area contributed by atoms with Crippen LogP contribution in [0.3, 0.4) is 0 Å². The van der Waals surface area contributed by atoms with Gasteiger partial charge in [0.1, 0.15) is 0 Å². The van der Waals surface area contributed by atoms with Gasteiger partial charge in [-0.25, -0.2) is 0 Å². The van der Waals surface area contributed by atoms with Crippen LogP contribution in [0.25, 0.3) is 0 Å². The first-order valence-electron chi connectivity index (χ1n) is 5.23. The van der Waals surface area contributed by atoms with E-state index >= 15 is 0 Å². The molecule has 76 valence electrons. The van der Waals surface area contributed by atoms with Crippen LogP contribution in [-0.4, -0.2) is 29.7 Å². The molecule has 3 nitrogen and oxygen atoms in total. The van der Waals surface area contributed by atoms with Gasteiger partial charge in [0.15, 0.2) is 5.78 Å². The number of likely N-dealkylation sites (tertiary alicyclic amines) is 1. The fourth-order valence-corrected chi connectivity index (χ4v) is 2.08. The van der Waals surface area contributed by atoms with E-state index in [0.717, 1.165) is 13.0 Å². The molecular formula is C11H15NO2.